The molecule has 0 saturated carbocycles. The van der Waals surface area contributed by atoms with Crippen LogP contribution in [0.1, 0.15) is 26.7 Å². The average Bonchev–Trinajstić information content (AvgIpc) is 2.77. The molecule has 0 aromatic rings. The number of thioether (sulfide) groups is 1. The van der Waals surface area contributed by atoms with Crippen LogP contribution in [-0.2, 0) is 4.74 Å². The zero-order valence-corrected chi connectivity index (χ0v) is 11.1. The Morgan fingerprint density at radius 2 is 2.27 bits per heavy atom. The lowest BCUT2D eigenvalue weighted by molar-refractivity contribution is 0.180. The predicted octanol–water partition coefficient (Wildman–Crippen LogP) is 2.39. The summed E-state index contributed by atoms with van der Waals surface area (Å²) in [5.74, 6) is 4.11. The summed E-state index contributed by atoms with van der Waals surface area (Å²) >= 11 is 2.09. The molecule has 0 amide bonds. The molecule has 1 heterocycles. The largest absolute Gasteiger partial charge is 0.381 e. The maximum Gasteiger partial charge on any atom is 0.0510 e. The van der Waals surface area contributed by atoms with Crippen LogP contribution < -0.4 is 5.32 Å². The summed E-state index contributed by atoms with van der Waals surface area (Å²) in [4.78, 5) is 0. The molecule has 0 radical (unpaired) electrons. The fourth-order valence-electron chi connectivity index (χ4n) is 1.84. The third-order valence-corrected chi connectivity index (χ3v) is 4.70. The second-order valence-electron chi connectivity index (χ2n) is 4.57. The van der Waals surface area contributed by atoms with Crippen molar-refractivity contribution in [1.82, 2.24) is 5.32 Å². The van der Waals surface area contributed by atoms with Crippen LogP contribution in [0, 0.1) is 11.8 Å². The molecule has 0 aliphatic carbocycles. The molecule has 0 aromatic carbocycles. The Kier molecular flexibility index (Phi) is 6.69. The fraction of sp³-hybridized carbons (Fsp3) is 1.00. The van der Waals surface area contributed by atoms with Gasteiger partial charge < -0.3 is 10.1 Å². The molecule has 0 bridgehead atoms. The van der Waals surface area contributed by atoms with Gasteiger partial charge in [0, 0.05) is 24.3 Å². The van der Waals surface area contributed by atoms with Gasteiger partial charge in [-0.1, -0.05) is 20.3 Å². The summed E-state index contributed by atoms with van der Waals surface area (Å²) in [5, 5.41) is 3.43. The molecule has 3 unspecified atom stereocenters. The first-order valence-corrected chi connectivity index (χ1v) is 7.26. The molecule has 1 saturated heterocycles. The van der Waals surface area contributed by atoms with Crippen molar-refractivity contribution in [1.29, 1.82) is 0 Å². The first-order valence-electron chi connectivity index (χ1n) is 6.10. The lowest BCUT2D eigenvalue weighted by atomic mass is 10.0. The summed E-state index contributed by atoms with van der Waals surface area (Å²) in [6.07, 6.45) is 2.53. The van der Waals surface area contributed by atoms with E-state index >= 15 is 0 Å². The summed E-state index contributed by atoms with van der Waals surface area (Å²) in [6.45, 7) is 6.51. The number of nitrogens with one attached hydrogen (secondary N) is 1. The molecule has 0 aromatic heterocycles. The molecular formula is C12H25NOS. The molecule has 15 heavy (non-hydrogen) atoms. The predicted molar refractivity (Wildman–Crippen MR) is 68.6 cm³/mol. The highest BCUT2D eigenvalue weighted by atomic mass is 32.2. The van der Waals surface area contributed by atoms with Gasteiger partial charge in [-0.15, -0.1) is 0 Å². The molecule has 1 rings (SSSR count). The standard InChI is InChI=1S/C12H25NOS/c1-4-10(2)8-15-9-12(13-3)11-5-6-14-7-11/h10-13H,4-9H2,1-3H3. The van der Waals surface area contributed by atoms with Gasteiger partial charge in [0.1, 0.15) is 0 Å². The van der Waals surface area contributed by atoms with Crippen LogP contribution in [0.4, 0.5) is 0 Å². The lowest BCUT2D eigenvalue weighted by Gasteiger charge is -2.22. The average molecular weight is 231 g/mol. The van der Waals surface area contributed by atoms with Crippen LogP contribution >= 0.6 is 11.8 Å². The maximum atomic E-state index is 5.44. The Hall–Kier alpha value is 0.270. The smallest absolute Gasteiger partial charge is 0.0510 e. The van der Waals surface area contributed by atoms with Crippen LogP contribution in [0.25, 0.3) is 0 Å². The molecule has 0 spiro atoms. The molecule has 3 atom stereocenters. The Morgan fingerprint density at radius 3 is 2.80 bits per heavy atom. The van der Waals surface area contributed by atoms with E-state index in [2.05, 4.69) is 38.0 Å². The van der Waals surface area contributed by atoms with Gasteiger partial charge in [-0.2, -0.15) is 11.8 Å². The quantitative estimate of drug-likeness (QED) is 0.727. The summed E-state index contributed by atoms with van der Waals surface area (Å²) in [6, 6.07) is 0.640. The Bertz CT molecular complexity index is 160. The van der Waals surface area contributed by atoms with E-state index in [1.807, 2.05) is 0 Å². The molecule has 3 heteroatoms. The van der Waals surface area contributed by atoms with Gasteiger partial charge in [0.25, 0.3) is 0 Å². The third-order valence-electron chi connectivity index (χ3n) is 3.30. The zero-order valence-electron chi connectivity index (χ0n) is 10.3. The van der Waals surface area contributed by atoms with E-state index in [9.17, 15) is 0 Å². The van der Waals surface area contributed by atoms with Crippen molar-refractivity contribution in [2.24, 2.45) is 11.8 Å². The van der Waals surface area contributed by atoms with E-state index in [4.69, 9.17) is 4.74 Å². The molecule has 90 valence electrons. The van der Waals surface area contributed by atoms with Gasteiger partial charge in [0.05, 0.1) is 6.61 Å². The summed E-state index contributed by atoms with van der Waals surface area (Å²) < 4.78 is 5.44. The van der Waals surface area contributed by atoms with E-state index in [-0.39, 0.29) is 0 Å². The van der Waals surface area contributed by atoms with Crippen molar-refractivity contribution in [2.45, 2.75) is 32.7 Å². The maximum absolute atomic E-state index is 5.44. The van der Waals surface area contributed by atoms with Crippen molar-refractivity contribution in [3.8, 4) is 0 Å². The van der Waals surface area contributed by atoms with E-state index in [0.717, 1.165) is 25.0 Å². The number of hydrogen-bond acceptors (Lipinski definition) is 3. The SMILES string of the molecule is CCC(C)CSCC(NC)C1CCOC1. The highest BCUT2D eigenvalue weighted by molar-refractivity contribution is 7.99. The number of ether oxygens (including phenoxy) is 1. The van der Waals surface area contributed by atoms with Gasteiger partial charge >= 0.3 is 0 Å². The Labute approximate surface area is 98.5 Å². The van der Waals surface area contributed by atoms with Crippen molar-refractivity contribution in [3.05, 3.63) is 0 Å². The minimum absolute atomic E-state index is 0.640. The molecule has 1 aliphatic heterocycles. The molecule has 1 N–H and O–H groups in total. The fourth-order valence-corrected chi connectivity index (χ4v) is 3.31. The van der Waals surface area contributed by atoms with E-state index in [1.54, 1.807) is 0 Å². The highest BCUT2D eigenvalue weighted by Gasteiger charge is 2.24. The molecule has 1 fully saturated rings. The second-order valence-corrected chi connectivity index (χ2v) is 5.64. The van der Waals surface area contributed by atoms with E-state index < -0.39 is 0 Å². The van der Waals surface area contributed by atoms with Crippen molar-refractivity contribution in [2.75, 3.05) is 31.8 Å². The monoisotopic (exact) mass is 231 g/mol. The van der Waals surface area contributed by atoms with Gasteiger partial charge in [0.15, 0.2) is 0 Å². The molecule has 2 nitrogen and oxygen atoms in total. The van der Waals surface area contributed by atoms with Gasteiger partial charge in [-0.05, 0) is 25.1 Å². The third kappa shape index (κ3) is 4.75. The van der Waals surface area contributed by atoms with E-state index in [1.165, 1.54) is 24.3 Å². The Balaban J connectivity index is 2.15. The van der Waals surface area contributed by atoms with Crippen LogP contribution in [-0.4, -0.2) is 37.8 Å². The molecule has 1 aliphatic rings. The van der Waals surface area contributed by atoms with E-state index in [0.29, 0.717) is 6.04 Å². The minimum Gasteiger partial charge on any atom is -0.381 e. The normalized spacial score (nSPS) is 25.4. The lowest BCUT2D eigenvalue weighted by Crippen LogP contribution is -2.36. The van der Waals surface area contributed by atoms with Crippen LogP contribution in [0.3, 0.4) is 0 Å². The van der Waals surface area contributed by atoms with Crippen LogP contribution in [0.2, 0.25) is 0 Å². The van der Waals surface area contributed by atoms with Crippen molar-refractivity contribution >= 4 is 11.8 Å². The van der Waals surface area contributed by atoms with Gasteiger partial charge in [-0.25, -0.2) is 0 Å². The second kappa shape index (κ2) is 7.53. The summed E-state index contributed by atoms with van der Waals surface area (Å²) in [5.41, 5.74) is 0. The van der Waals surface area contributed by atoms with Gasteiger partial charge in [-0.3, -0.25) is 0 Å². The Morgan fingerprint density at radius 1 is 1.47 bits per heavy atom. The van der Waals surface area contributed by atoms with Crippen molar-refractivity contribution in [3.63, 3.8) is 0 Å². The first kappa shape index (κ1) is 13.3. The topological polar surface area (TPSA) is 21.3 Å². The molecular weight excluding hydrogens is 206 g/mol. The van der Waals surface area contributed by atoms with Crippen LogP contribution in [0.15, 0.2) is 0 Å². The highest BCUT2D eigenvalue weighted by Crippen LogP contribution is 2.21. The van der Waals surface area contributed by atoms with Crippen molar-refractivity contribution < 1.29 is 4.74 Å². The van der Waals surface area contributed by atoms with Gasteiger partial charge in [0.2, 0.25) is 0 Å². The zero-order chi connectivity index (χ0) is 11.1. The summed E-state index contributed by atoms with van der Waals surface area (Å²) in [7, 11) is 2.08. The minimum atomic E-state index is 0.640. The first-order chi connectivity index (χ1) is 7.27. The number of hydrogen-bond donors (Lipinski definition) is 1. The number of rotatable bonds is 7. The van der Waals surface area contributed by atoms with Crippen LogP contribution in [0.5, 0.6) is 0 Å².